The molecule has 130 valence electrons. The van der Waals surface area contributed by atoms with Crippen molar-refractivity contribution in [3.05, 3.63) is 28.8 Å². The number of amides is 1. The predicted molar refractivity (Wildman–Crippen MR) is 99.0 cm³/mol. The number of carbonyl (C=O) groups excluding carboxylic acids is 1. The summed E-state index contributed by atoms with van der Waals surface area (Å²) in [4.78, 5) is 15.5. The van der Waals surface area contributed by atoms with Crippen LogP contribution in [0.4, 0.5) is 0 Å². The van der Waals surface area contributed by atoms with Crippen molar-refractivity contribution in [2.45, 2.75) is 30.3 Å². The van der Waals surface area contributed by atoms with Crippen LogP contribution >= 0.6 is 35.8 Å². The molecular weight excluding hydrogens is 355 g/mol. The van der Waals surface area contributed by atoms with Gasteiger partial charge in [0.15, 0.2) is 0 Å². The molecule has 1 heterocycles. The number of benzene rings is 1. The standard InChI is InChI=1S/C16H23ClN2O2S.ClH/c1-22-13-3-4-15(17)14(11-13)16(20)19-8-5-12(6-9-19)21-10-2-7-18;/h3-4,11-12H,2,5-10,18H2,1H3;1H. The van der Waals surface area contributed by atoms with Crippen molar-refractivity contribution in [1.29, 1.82) is 0 Å². The number of thioether (sulfide) groups is 1. The maximum Gasteiger partial charge on any atom is 0.255 e. The number of nitrogens with two attached hydrogens (primary N) is 1. The van der Waals surface area contributed by atoms with E-state index >= 15 is 0 Å². The number of likely N-dealkylation sites (tertiary alicyclic amines) is 1. The average molecular weight is 379 g/mol. The highest BCUT2D eigenvalue weighted by atomic mass is 35.5. The second kappa shape index (κ2) is 10.4. The minimum absolute atomic E-state index is 0. The zero-order valence-electron chi connectivity index (χ0n) is 13.3. The molecule has 0 spiro atoms. The molecule has 0 atom stereocenters. The van der Waals surface area contributed by atoms with Crippen LogP contribution in [0.3, 0.4) is 0 Å². The van der Waals surface area contributed by atoms with Gasteiger partial charge in [-0.2, -0.15) is 0 Å². The van der Waals surface area contributed by atoms with Crippen molar-refractivity contribution in [1.82, 2.24) is 4.90 Å². The summed E-state index contributed by atoms with van der Waals surface area (Å²) in [5.74, 6) is 0.0151. The Hall–Kier alpha value is -0.460. The lowest BCUT2D eigenvalue weighted by molar-refractivity contribution is 0.00844. The van der Waals surface area contributed by atoms with Gasteiger partial charge >= 0.3 is 0 Å². The Bertz CT molecular complexity index is 509. The molecule has 0 aromatic heterocycles. The van der Waals surface area contributed by atoms with E-state index in [0.29, 0.717) is 36.8 Å². The van der Waals surface area contributed by atoms with Gasteiger partial charge in [-0.05, 0) is 50.3 Å². The van der Waals surface area contributed by atoms with Gasteiger partial charge in [-0.3, -0.25) is 4.79 Å². The van der Waals surface area contributed by atoms with Crippen LogP contribution in [0.2, 0.25) is 5.02 Å². The molecule has 0 aliphatic carbocycles. The number of ether oxygens (including phenoxy) is 1. The van der Waals surface area contributed by atoms with Crippen molar-refractivity contribution in [2.24, 2.45) is 5.73 Å². The summed E-state index contributed by atoms with van der Waals surface area (Å²) in [7, 11) is 0. The highest BCUT2D eigenvalue weighted by Gasteiger charge is 2.25. The van der Waals surface area contributed by atoms with Gasteiger partial charge in [0.2, 0.25) is 0 Å². The molecule has 0 saturated carbocycles. The van der Waals surface area contributed by atoms with E-state index in [1.807, 2.05) is 23.3 Å². The van der Waals surface area contributed by atoms with E-state index in [4.69, 9.17) is 22.1 Å². The predicted octanol–water partition coefficient (Wildman–Crippen LogP) is 3.45. The van der Waals surface area contributed by atoms with Crippen LogP contribution in [-0.4, -0.2) is 49.4 Å². The van der Waals surface area contributed by atoms with E-state index < -0.39 is 0 Å². The summed E-state index contributed by atoms with van der Waals surface area (Å²) < 4.78 is 5.77. The number of rotatable bonds is 6. The first-order chi connectivity index (χ1) is 10.7. The summed E-state index contributed by atoms with van der Waals surface area (Å²) in [6, 6.07) is 5.60. The SMILES string of the molecule is CSc1ccc(Cl)c(C(=O)N2CCC(OCCCN)CC2)c1.Cl. The second-order valence-electron chi connectivity index (χ2n) is 5.35. The van der Waals surface area contributed by atoms with Gasteiger partial charge in [-0.1, -0.05) is 11.6 Å². The van der Waals surface area contributed by atoms with Crippen molar-refractivity contribution in [3.63, 3.8) is 0 Å². The molecule has 1 aliphatic heterocycles. The maximum atomic E-state index is 12.6. The van der Waals surface area contributed by atoms with Crippen LogP contribution < -0.4 is 5.73 Å². The molecule has 1 aromatic rings. The van der Waals surface area contributed by atoms with Gasteiger partial charge < -0.3 is 15.4 Å². The zero-order chi connectivity index (χ0) is 15.9. The van der Waals surface area contributed by atoms with Crippen LogP contribution in [0.1, 0.15) is 29.6 Å². The second-order valence-corrected chi connectivity index (χ2v) is 6.64. The molecule has 7 heteroatoms. The van der Waals surface area contributed by atoms with Gasteiger partial charge in [0, 0.05) is 24.6 Å². The van der Waals surface area contributed by atoms with Crippen LogP contribution in [0, 0.1) is 0 Å². The monoisotopic (exact) mass is 378 g/mol. The van der Waals surface area contributed by atoms with E-state index in [1.165, 1.54) is 0 Å². The topological polar surface area (TPSA) is 55.6 Å². The lowest BCUT2D eigenvalue weighted by Crippen LogP contribution is -2.41. The van der Waals surface area contributed by atoms with Gasteiger partial charge in [0.1, 0.15) is 0 Å². The Morgan fingerprint density at radius 1 is 1.43 bits per heavy atom. The lowest BCUT2D eigenvalue weighted by Gasteiger charge is -2.32. The molecule has 0 unspecified atom stereocenters. The summed E-state index contributed by atoms with van der Waals surface area (Å²) in [5, 5.41) is 0.518. The summed E-state index contributed by atoms with van der Waals surface area (Å²) >= 11 is 7.79. The van der Waals surface area contributed by atoms with Crippen molar-refractivity contribution < 1.29 is 9.53 Å². The molecule has 2 rings (SSSR count). The molecule has 2 N–H and O–H groups in total. The van der Waals surface area contributed by atoms with Gasteiger partial charge in [-0.15, -0.1) is 24.2 Å². The highest BCUT2D eigenvalue weighted by molar-refractivity contribution is 7.98. The third kappa shape index (κ3) is 5.84. The molecule has 4 nitrogen and oxygen atoms in total. The number of carbonyl (C=O) groups is 1. The van der Waals surface area contributed by atoms with Crippen LogP contribution in [0.5, 0.6) is 0 Å². The fourth-order valence-corrected chi connectivity index (χ4v) is 3.16. The van der Waals surface area contributed by atoms with Crippen molar-refractivity contribution in [2.75, 3.05) is 32.5 Å². The van der Waals surface area contributed by atoms with Crippen LogP contribution in [0.15, 0.2) is 23.1 Å². The Morgan fingerprint density at radius 3 is 2.74 bits per heavy atom. The first-order valence-electron chi connectivity index (χ1n) is 7.60. The van der Waals surface area contributed by atoms with E-state index in [9.17, 15) is 4.79 Å². The molecular formula is C16H24Cl2N2O2S. The molecule has 1 aliphatic rings. The zero-order valence-corrected chi connectivity index (χ0v) is 15.7. The molecule has 0 radical (unpaired) electrons. The normalized spacial score (nSPS) is 15.3. The summed E-state index contributed by atoms with van der Waals surface area (Å²) in [5.41, 5.74) is 6.05. The lowest BCUT2D eigenvalue weighted by atomic mass is 10.1. The Morgan fingerprint density at radius 2 is 2.13 bits per heavy atom. The third-order valence-corrected chi connectivity index (χ3v) is 4.89. The largest absolute Gasteiger partial charge is 0.378 e. The van der Waals surface area contributed by atoms with E-state index in [1.54, 1.807) is 17.8 Å². The Balaban J connectivity index is 0.00000264. The fraction of sp³-hybridized carbons (Fsp3) is 0.562. The molecule has 23 heavy (non-hydrogen) atoms. The van der Waals surface area contributed by atoms with Gasteiger partial charge in [-0.25, -0.2) is 0 Å². The Kier molecular flexibility index (Phi) is 9.32. The maximum absolute atomic E-state index is 12.6. The third-order valence-electron chi connectivity index (χ3n) is 3.84. The highest BCUT2D eigenvalue weighted by Crippen LogP contribution is 2.25. The van der Waals surface area contributed by atoms with Crippen LogP contribution in [-0.2, 0) is 4.74 Å². The fourth-order valence-electron chi connectivity index (χ4n) is 2.52. The number of nitrogens with zero attached hydrogens (tertiary/aromatic N) is 1. The number of halogens is 2. The van der Waals surface area contributed by atoms with Crippen LogP contribution in [0.25, 0.3) is 0 Å². The summed E-state index contributed by atoms with van der Waals surface area (Å²) in [6.07, 6.45) is 4.85. The van der Waals surface area contributed by atoms with Gasteiger partial charge in [0.05, 0.1) is 16.7 Å². The first kappa shape index (κ1) is 20.6. The molecule has 1 saturated heterocycles. The molecule has 1 fully saturated rings. The Labute approximate surface area is 153 Å². The minimum atomic E-state index is 0. The van der Waals surface area contributed by atoms with Gasteiger partial charge in [0.25, 0.3) is 5.91 Å². The molecule has 1 aromatic carbocycles. The summed E-state index contributed by atoms with van der Waals surface area (Å²) in [6.45, 7) is 2.79. The van der Waals surface area contributed by atoms with Crippen molar-refractivity contribution in [3.8, 4) is 0 Å². The average Bonchev–Trinajstić information content (AvgIpc) is 2.55. The quantitative estimate of drug-likeness (QED) is 0.608. The molecule has 1 amide bonds. The minimum Gasteiger partial charge on any atom is -0.378 e. The van der Waals surface area contributed by atoms with E-state index in [0.717, 1.165) is 24.2 Å². The molecule has 0 bridgehead atoms. The number of piperidine rings is 1. The number of hydrogen-bond acceptors (Lipinski definition) is 4. The smallest absolute Gasteiger partial charge is 0.255 e. The number of hydrogen-bond donors (Lipinski definition) is 1. The van der Waals surface area contributed by atoms with E-state index in [-0.39, 0.29) is 24.4 Å². The van der Waals surface area contributed by atoms with Crippen molar-refractivity contribution >= 4 is 41.7 Å². The first-order valence-corrected chi connectivity index (χ1v) is 9.20. The van der Waals surface area contributed by atoms with E-state index in [2.05, 4.69) is 0 Å².